The van der Waals surface area contributed by atoms with Crippen molar-refractivity contribution in [3.05, 3.63) is 0 Å². The molecule has 0 aromatic heterocycles. The molecule has 0 radical (unpaired) electrons. The van der Waals surface area contributed by atoms with Crippen molar-refractivity contribution in [2.75, 3.05) is 0 Å². The summed E-state index contributed by atoms with van der Waals surface area (Å²) in [4.78, 5) is 1.58. The van der Waals surface area contributed by atoms with E-state index in [0.29, 0.717) is 0 Å². The van der Waals surface area contributed by atoms with Gasteiger partial charge in [-0.2, -0.15) is 0 Å². The van der Waals surface area contributed by atoms with Gasteiger partial charge in [0.25, 0.3) is 0 Å². The predicted octanol–water partition coefficient (Wildman–Crippen LogP) is 1.30. The zero-order valence-corrected chi connectivity index (χ0v) is 7.09. The molecule has 0 rings (SSSR count). The van der Waals surface area contributed by atoms with Gasteiger partial charge < -0.3 is 0 Å². The minimum atomic E-state index is 0.0885. The van der Waals surface area contributed by atoms with Gasteiger partial charge in [-0.3, -0.25) is 0 Å². The van der Waals surface area contributed by atoms with Crippen molar-refractivity contribution in [3.63, 3.8) is 0 Å². The van der Waals surface area contributed by atoms with Crippen molar-refractivity contribution in [2.45, 2.75) is 23.8 Å². The number of rotatable bonds is 2. The standard InChI is InChI=1S/C3H7.CH3.Ga.H/c1-3-2;;;/h1,3H2,2H3;1H3;;. The molecule has 0 unspecified atom stereocenters. The normalized spacial score (nSPS) is 7.60. The molecule has 0 nitrogen and oxygen atoms in total. The second kappa shape index (κ2) is 4.64. The fraction of sp³-hybridized carbons (Fsp3) is 1.00. The summed E-state index contributed by atoms with van der Waals surface area (Å²) in [5, 5.41) is 0. The predicted molar refractivity (Wildman–Crippen MR) is 28.1 cm³/mol. The van der Waals surface area contributed by atoms with Crippen LogP contribution in [0.4, 0.5) is 0 Å². The van der Waals surface area contributed by atoms with E-state index in [1.54, 1.807) is 4.98 Å². The van der Waals surface area contributed by atoms with Gasteiger partial charge in [0, 0.05) is 0 Å². The van der Waals surface area contributed by atoms with Crippen LogP contribution in [-0.2, 0) is 0 Å². The maximum atomic E-state index is 2.40. The topological polar surface area (TPSA) is 0 Å². The number of hydrogen-bond acceptors (Lipinski definition) is 0. The van der Waals surface area contributed by atoms with Crippen LogP contribution in [0.25, 0.3) is 0 Å². The van der Waals surface area contributed by atoms with E-state index in [1.807, 2.05) is 0 Å². The van der Waals surface area contributed by atoms with Crippen LogP contribution in [0, 0.1) is 0 Å². The summed E-state index contributed by atoms with van der Waals surface area (Å²) in [5.41, 5.74) is 2.40. The van der Waals surface area contributed by atoms with Gasteiger partial charge >= 0.3 is 41.2 Å². The second-order valence-electron chi connectivity index (χ2n) is 1.35. The molecule has 0 aliphatic heterocycles. The summed E-state index contributed by atoms with van der Waals surface area (Å²) < 4.78 is 0. The Kier molecular flexibility index (Phi) is 5.23. The van der Waals surface area contributed by atoms with Crippen LogP contribution in [0.2, 0.25) is 10.5 Å². The van der Waals surface area contributed by atoms with Gasteiger partial charge in [0.05, 0.1) is 0 Å². The first-order valence-corrected chi connectivity index (χ1v) is 7.48. The van der Waals surface area contributed by atoms with Crippen molar-refractivity contribution in [1.82, 2.24) is 0 Å². The molecule has 1 heteroatoms. The fourth-order valence-electron chi connectivity index (χ4n) is 0.354. The van der Waals surface area contributed by atoms with E-state index in [2.05, 4.69) is 12.4 Å². The molecular weight excluding hydrogens is 118 g/mol. The molecule has 0 aromatic carbocycles. The Balaban J connectivity index is 2.19. The van der Waals surface area contributed by atoms with E-state index in [0.717, 1.165) is 0 Å². The molecule has 0 N–H and O–H groups in total. The molecule has 0 atom stereocenters. The average molecular weight is 129 g/mol. The Morgan fingerprint density at radius 2 is 2.20 bits per heavy atom. The van der Waals surface area contributed by atoms with Crippen molar-refractivity contribution < 1.29 is 0 Å². The Hall–Kier alpha value is 0.636. The molecule has 0 fully saturated rings. The summed E-state index contributed by atoms with van der Waals surface area (Å²) in [6.07, 6.45) is 1.43. The Morgan fingerprint density at radius 3 is 2.20 bits per heavy atom. The van der Waals surface area contributed by atoms with Crippen LogP contribution in [0.1, 0.15) is 13.3 Å². The van der Waals surface area contributed by atoms with Crippen LogP contribution in [0.3, 0.4) is 0 Å². The molecule has 0 aliphatic rings. The molecule has 0 saturated heterocycles. The van der Waals surface area contributed by atoms with Gasteiger partial charge in [0.1, 0.15) is 0 Å². The summed E-state index contributed by atoms with van der Waals surface area (Å²) in [6.45, 7) is 2.26. The van der Waals surface area contributed by atoms with Gasteiger partial charge in [0.15, 0.2) is 0 Å². The maximum absolute atomic E-state index is 2.40. The molecule has 0 heterocycles. The van der Waals surface area contributed by atoms with Crippen LogP contribution in [0.15, 0.2) is 0 Å². The molecule has 0 saturated carbocycles. The SMILES string of the molecule is CC[CH2][GaH][CH3]. The Morgan fingerprint density at radius 1 is 1.60 bits per heavy atom. The first-order valence-electron chi connectivity index (χ1n) is 2.41. The first-order chi connectivity index (χ1) is 2.41. The van der Waals surface area contributed by atoms with E-state index in [4.69, 9.17) is 0 Å². The third-order valence-corrected chi connectivity index (χ3v) is 3.67. The quantitative estimate of drug-likeness (QED) is 0.492. The van der Waals surface area contributed by atoms with E-state index in [9.17, 15) is 0 Å². The summed E-state index contributed by atoms with van der Waals surface area (Å²) in [7, 11) is 0. The van der Waals surface area contributed by atoms with Crippen molar-refractivity contribution in [3.8, 4) is 0 Å². The second-order valence-corrected chi connectivity index (χ2v) is 4.94. The van der Waals surface area contributed by atoms with Crippen molar-refractivity contribution >= 4 is 17.4 Å². The Bertz CT molecular complexity index is 11.1. The zero-order chi connectivity index (χ0) is 4.12. The molecule has 0 amide bonds. The monoisotopic (exact) mass is 128 g/mol. The van der Waals surface area contributed by atoms with Gasteiger partial charge in [-0.25, -0.2) is 0 Å². The third-order valence-electron chi connectivity index (χ3n) is 0.707. The number of hydrogen-bond donors (Lipinski definition) is 0. The van der Waals surface area contributed by atoms with Crippen LogP contribution < -0.4 is 0 Å². The molecule has 5 heavy (non-hydrogen) atoms. The van der Waals surface area contributed by atoms with Crippen LogP contribution in [0.5, 0.6) is 0 Å². The van der Waals surface area contributed by atoms with Gasteiger partial charge in [-0.15, -0.1) is 0 Å². The minimum absolute atomic E-state index is 0.0885. The van der Waals surface area contributed by atoms with Gasteiger partial charge in [-0.1, -0.05) is 0 Å². The summed E-state index contributed by atoms with van der Waals surface area (Å²) >= 11 is 0.0885. The van der Waals surface area contributed by atoms with E-state index in [-0.39, 0.29) is 17.4 Å². The van der Waals surface area contributed by atoms with Gasteiger partial charge in [-0.05, 0) is 0 Å². The van der Waals surface area contributed by atoms with E-state index >= 15 is 0 Å². The Labute approximate surface area is 41.7 Å². The van der Waals surface area contributed by atoms with Crippen molar-refractivity contribution in [1.29, 1.82) is 0 Å². The third kappa shape index (κ3) is 4.64. The molecule has 0 aliphatic carbocycles. The molecule has 0 aromatic rings. The molecular formula is C4H11Ga. The summed E-state index contributed by atoms with van der Waals surface area (Å²) in [6, 6.07) is 0. The van der Waals surface area contributed by atoms with Crippen LogP contribution >= 0.6 is 0 Å². The molecule has 30 valence electrons. The van der Waals surface area contributed by atoms with E-state index in [1.165, 1.54) is 6.42 Å². The van der Waals surface area contributed by atoms with Gasteiger partial charge in [0.2, 0.25) is 0 Å². The summed E-state index contributed by atoms with van der Waals surface area (Å²) in [5.74, 6) is 0. The van der Waals surface area contributed by atoms with Crippen LogP contribution in [-0.4, -0.2) is 17.4 Å². The molecule has 0 spiro atoms. The average Bonchev–Trinajstić information content (AvgIpc) is 1.41. The molecule has 0 bridgehead atoms. The first kappa shape index (κ1) is 5.64. The van der Waals surface area contributed by atoms with E-state index < -0.39 is 0 Å². The van der Waals surface area contributed by atoms with Crippen molar-refractivity contribution in [2.24, 2.45) is 0 Å². The fourth-order valence-corrected chi connectivity index (χ4v) is 1.84. The zero-order valence-electron chi connectivity index (χ0n) is 4.12.